The third-order valence-electron chi connectivity index (χ3n) is 2.00. The molecule has 7 heteroatoms. The van der Waals surface area contributed by atoms with E-state index < -0.39 is 6.03 Å². The molecule has 0 aromatic carbocycles. The van der Waals surface area contributed by atoms with Gasteiger partial charge in [-0.3, -0.25) is 10.1 Å². The molecule has 1 unspecified atom stereocenters. The molecule has 1 rings (SSSR count). The normalized spacial score (nSPS) is 11.9. The number of hydrogen-bond acceptors (Lipinski definition) is 3. The predicted molar refractivity (Wildman–Crippen MR) is 63.7 cm³/mol. The highest BCUT2D eigenvalue weighted by atomic mass is 35.5. The molecule has 0 aliphatic heterocycles. The van der Waals surface area contributed by atoms with E-state index in [0.29, 0.717) is 6.54 Å². The van der Waals surface area contributed by atoms with Crippen molar-refractivity contribution in [3.63, 3.8) is 0 Å². The number of urea groups is 1. The Bertz CT molecular complexity index is 366. The van der Waals surface area contributed by atoms with Crippen LogP contribution in [-0.4, -0.2) is 33.4 Å². The lowest BCUT2D eigenvalue weighted by molar-refractivity contribution is -0.119. The molecule has 0 saturated heterocycles. The zero-order valence-electron chi connectivity index (χ0n) is 9.52. The van der Waals surface area contributed by atoms with Gasteiger partial charge < -0.3 is 9.88 Å². The monoisotopic (exact) mass is 258 g/mol. The predicted octanol–water partition coefficient (Wildman–Crippen LogP) is 0.726. The van der Waals surface area contributed by atoms with Crippen molar-refractivity contribution < 1.29 is 9.59 Å². The van der Waals surface area contributed by atoms with E-state index in [0.717, 1.165) is 0 Å². The summed E-state index contributed by atoms with van der Waals surface area (Å²) in [4.78, 5) is 26.3. The molecule has 94 valence electrons. The molecular weight excluding hydrogens is 244 g/mol. The van der Waals surface area contributed by atoms with Crippen LogP contribution in [0.15, 0.2) is 18.7 Å². The number of amides is 3. The van der Waals surface area contributed by atoms with Crippen LogP contribution >= 0.6 is 11.6 Å². The average Bonchev–Trinajstić information content (AvgIpc) is 2.69. The maximum Gasteiger partial charge on any atom is 0.321 e. The second-order valence-corrected chi connectivity index (χ2v) is 4.00. The smallest absolute Gasteiger partial charge is 0.321 e. The van der Waals surface area contributed by atoms with Crippen molar-refractivity contribution in [1.29, 1.82) is 0 Å². The van der Waals surface area contributed by atoms with Crippen molar-refractivity contribution in [2.24, 2.45) is 0 Å². The SMILES string of the molecule is CC(Cn1ccnc1)NC(=O)NC(=O)CCCl. The molecule has 1 atom stereocenters. The van der Waals surface area contributed by atoms with Crippen molar-refractivity contribution in [3.8, 4) is 0 Å². The summed E-state index contributed by atoms with van der Waals surface area (Å²) >= 11 is 5.38. The lowest BCUT2D eigenvalue weighted by atomic mass is 10.3. The van der Waals surface area contributed by atoms with Crippen molar-refractivity contribution in [1.82, 2.24) is 20.2 Å². The molecule has 1 aromatic heterocycles. The van der Waals surface area contributed by atoms with Gasteiger partial charge in [0, 0.05) is 37.3 Å². The second kappa shape index (κ2) is 6.90. The Morgan fingerprint density at radius 1 is 1.53 bits per heavy atom. The molecule has 0 bridgehead atoms. The molecule has 0 fully saturated rings. The van der Waals surface area contributed by atoms with Crippen LogP contribution in [0.3, 0.4) is 0 Å². The highest BCUT2D eigenvalue weighted by Crippen LogP contribution is 1.91. The van der Waals surface area contributed by atoms with Gasteiger partial charge in [-0.15, -0.1) is 11.6 Å². The van der Waals surface area contributed by atoms with Crippen molar-refractivity contribution >= 4 is 23.5 Å². The Hall–Kier alpha value is -1.56. The summed E-state index contributed by atoms with van der Waals surface area (Å²) < 4.78 is 1.84. The maximum absolute atomic E-state index is 11.4. The Balaban J connectivity index is 2.28. The number of carbonyl (C=O) groups excluding carboxylic acids is 2. The summed E-state index contributed by atoms with van der Waals surface area (Å²) in [5, 5.41) is 4.84. The van der Waals surface area contributed by atoms with E-state index in [1.54, 1.807) is 18.7 Å². The minimum absolute atomic E-state index is 0.104. The van der Waals surface area contributed by atoms with Crippen LogP contribution in [0, 0.1) is 0 Å². The van der Waals surface area contributed by atoms with E-state index in [-0.39, 0.29) is 24.2 Å². The van der Waals surface area contributed by atoms with Gasteiger partial charge in [0.05, 0.1) is 6.33 Å². The lowest BCUT2D eigenvalue weighted by Gasteiger charge is -2.14. The molecule has 1 aromatic rings. The Morgan fingerprint density at radius 3 is 2.88 bits per heavy atom. The number of rotatable bonds is 5. The van der Waals surface area contributed by atoms with E-state index in [1.807, 2.05) is 11.5 Å². The molecule has 3 amide bonds. The first-order chi connectivity index (χ1) is 8.11. The van der Waals surface area contributed by atoms with Crippen LogP contribution in [0.4, 0.5) is 4.79 Å². The number of nitrogens with one attached hydrogen (secondary N) is 2. The van der Waals surface area contributed by atoms with Crippen LogP contribution in [0.2, 0.25) is 0 Å². The van der Waals surface area contributed by atoms with Gasteiger partial charge in [0.2, 0.25) is 5.91 Å². The second-order valence-electron chi connectivity index (χ2n) is 3.62. The number of carbonyl (C=O) groups is 2. The van der Waals surface area contributed by atoms with Crippen LogP contribution in [0.1, 0.15) is 13.3 Å². The number of alkyl halides is 1. The fourth-order valence-electron chi connectivity index (χ4n) is 1.29. The van der Waals surface area contributed by atoms with Crippen molar-refractivity contribution in [3.05, 3.63) is 18.7 Å². The van der Waals surface area contributed by atoms with Crippen molar-refractivity contribution in [2.45, 2.75) is 25.9 Å². The van der Waals surface area contributed by atoms with Gasteiger partial charge in [-0.2, -0.15) is 0 Å². The summed E-state index contributed by atoms with van der Waals surface area (Å²) in [6, 6.07) is -0.610. The summed E-state index contributed by atoms with van der Waals surface area (Å²) in [5.41, 5.74) is 0. The first-order valence-electron chi connectivity index (χ1n) is 5.24. The van der Waals surface area contributed by atoms with E-state index in [9.17, 15) is 9.59 Å². The lowest BCUT2D eigenvalue weighted by Crippen LogP contribution is -2.44. The van der Waals surface area contributed by atoms with E-state index >= 15 is 0 Å². The Kier molecular flexibility index (Phi) is 5.48. The summed E-state index contributed by atoms with van der Waals surface area (Å²) in [6.45, 7) is 2.43. The molecule has 1 heterocycles. The van der Waals surface area contributed by atoms with Crippen molar-refractivity contribution in [2.75, 3.05) is 5.88 Å². The topological polar surface area (TPSA) is 76.0 Å². The highest BCUT2D eigenvalue weighted by Gasteiger charge is 2.10. The summed E-state index contributed by atoms with van der Waals surface area (Å²) in [6.07, 6.45) is 5.26. The number of hydrogen-bond donors (Lipinski definition) is 2. The minimum Gasteiger partial charge on any atom is -0.335 e. The third kappa shape index (κ3) is 5.35. The Labute approximate surface area is 104 Å². The zero-order chi connectivity index (χ0) is 12.7. The summed E-state index contributed by atoms with van der Waals surface area (Å²) in [5.74, 6) is -0.184. The molecule has 0 aliphatic rings. The van der Waals surface area contributed by atoms with Gasteiger partial charge in [0.25, 0.3) is 0 Å². The molecule has 0 saturated carbocycles. The maximum atomic E-state index is 11.4. The van der Waals surface area contributed by atoms with Crippen LogP contribution in [0.25, 0.3) is 0 Å². The van der Waals surface area contributed by atoms with E-state index in [2.05, 4.69) is 15.6 Å². The molecule has 0 radical (unpaired) electrons. The Morgan fingerprint density at radius 2 is 2.29 bits per heavy atom. The quantitative estimate of drug-likeness (QED) is 0.765. The van der Waals surface area contributed by atoms with Gasteiger partial charge in [-0.05, 0) is 6.92 Å². The number of imide groups is 1. The molecule has 17 heavy (non-hydrogen) atoms. The fourth-order valence-corrected chi connectivity index (χ4v) is 1.46. The zero-order valence-corrected chi connectivity index (χ0v) is 10.3. The van der Waals surface area contributed by atoms with Crippen LogP contribution < -0.4 is 10.6 Å². The molecule has 6 nitrogen and oxygen atoms in total. The van der Waals surface area contributed by atoms with Gasteiger partial charge >= 0.3 is 6.03 Å². The summed E-state index contributed by atoms with van der Waals surface area (Å²) in [7, 11) is 0. The van der Waals surface area contributed by atoms with Gasteiger partial charge in [-0.25, -0.2) is 9.78 Å². The molecule has 0 aliphatic carbocycles. The number of nitrogens with zero attached hydrogens (tertiary/aromatic N) is 2. The molecule has 2 N–H and O–H groups in total. The van der Waals surface area contributed by atoms with Crippen LogP contribution in [0.5, 0.6) is 0 Å². The van der Waals surface area contributed by atoms with Gasteiger partial charge in [-0.1, -0.05) is 0 Å². The van der Waals surface area contributed by atoms with E-state index in [4.69, 9.17) is 11.6 Å². The van der Waals surface area contributed by atoms with Crippen LogP contribution in [-0.2, 0) is 11.3 Å². The fraction of sp³-hybridized carbons (Fsp3) is 0.500. The first kappa shape index (κ1) is 13.5. The number of halogens is 1. The molecular formula is C10H15ClN4O2. The van der Waals surface area contributed by atoms with Gasteiger partial charge in [0.1, 0.15) is 0 Å². The third-order valence-corrected chi connectivity index (χ3v) is 2.18. The highest BCUT2D eigenvalue weighted by molar-refractivity contribution is 6.19. The first-order valence-corrected chi connectivity index (χ1v) is 5.77. The number of imidazole rings is 1. The number of aromatic nitrogens is 2. The standard InChI is InChI=1S/C10H15ClN4O2/c1-8(6-15-5-4-12-7-15)13-10(17)14-9(16)2-3-11/h4-5,7-8H,2-3,6H2,1H3,(H2,13,14,16,17). The largest absolute Gasteiger partial charge is 0.335 e. The minimum atomic E-state index is -0.507. The van der Waals surface area contributed by atoms with E-state index in [1.165, 1.54) is 0 Å². The molecule has 0 spiro atoms. The average molecular weight is 259 g/mol. The van der Waals surface area contributed by atoms with Gasteiger partial charge in [0.15, 0.2) is 0 Å².